The third-order valence-corrected chi connectivity index (χ3v) is 5.29. The molecule has 11 heteroatoms. The molecule has 172 valence electrons. The number of hydrogen-bond donors (Lipinski definition) is 2. The molecule has 1 atom stereocenters. The number of ether oxygens (including phenoxy) is 1. The number of halogens is 1. The largest absolute Gasteiger partial charge is 0.462 e. The minimum Gasteiger partial charge on any atom is -0.462 e. The van der Waals surface area contributed by atoms with Gasteiger partial charge in [0.15, 0.2) is 6.29 Å². The number of fused-ring (bicyclic) bond motifs is 1. The van der Waals surface area contributed by atoms with Crippen LogP contribution in [-0.4, -0.2) is 66.1 Å². The van der Waals surface area contributed by atoms with Gasteiger partial charge in [0.2, 0.25) is 5.91 Å². The summed E-state index contributed by atoms with van der Waals surface area (Å²) in [5, 5.41) is 3.53. The van der Waals surface area contributed by atoms with Crippen molar-refractivity contribution >= 4 is 35.1 Å². The first-order valence-electron chi connectivity index (χ1n) is 10.4. The number of para-hydroxylation sites is 1. The summed E-state index contributed by atoms with van der Waals surface area (Å²) in [5.41, 5.74) is 3.96. The molecule has 33 heavy (non-hydrogen) atoms. The van der Waals surface area contributed by atoms with E-state index in [9.17, 15) is 23.6 Å². The van der Waals surface area contributed by atoms with E-state index in [1.54, 1.807) is 36.1 Å². The molecule has 2 saturated heterocycles. The van der Waals surface area contributed by atoms with Gasteiger partial charge in [0.05, 0.1) is 17.9 Å². The zero-order valence-corrected chi connectivity index (χ0v) is 17.8. The van der Waals surface area contributed by atoms with E-state index >= 15 is 0 Å². The van der Waals surface area contributed by atoms with Crippen LogP contribution in [0.25, 0.3) is 0 Å². The second-order valence-electron chi connectivity index (χ2n) is 7.38. The molecule has 2 N–H and O–H groups in total. The number of amides is 3. The molecular formula is C22H22FN5O5. The average Bonchev–Trinajstić information content (AvgIpc) is 3.22. The van der Waals surface area contributed by atoms with E-state index in [2.05, 4.69) is 10.7 Å². The predicted molar refractivity (Wildman–Crippen MR) is 115 cm³/mol. The lowest BCUT2D eigenvalue weighted by atomic mass is 10.2. The lowest BCUT2D eigenvalue weighted by molar-refractivity contribution is -0.163. The number of hydrogen-bond acceptors (Lipinski definition) is 7. The molecule has 2 aliphatic heterocycles. The average molecular weight is 455 g/mol. The van der Waals surface area contributed by atoms with Crippen LogP contribution in [-0.2, 0) is 19.1 Å². The van der Waals surface area contributed by atoms with Crippen molar-refractivity contribution in [3.63, 3.8) is 0 Å². The monoisotopic (exact) mass is 455 g/mol. The van der Waals surface area contributed by atoms with Crippen LogP contribution < -0.4 is 15.6 Å². The molecule has 3 amide bonds. The van der Waals surface area contributed by atoms with Crippen LogP contribution in [0.3, 0.4) is 0 Å². The highest BCUT2D eigenvalue weighted by molar-refractivity contribution is 6.35. The molecule has 0 radical (unpaired) electrons. The molecule has 2 aliphatic rings. The third kappa shape index (κ3) is 4.48. The van der Waals surface area contributed by atoms with Gasteiger partial charge in [-0.05, 0) is 43.3 Å². The molecule has 0 bridgehead atoms. The molecule has 0 saturated carbocycles. The lowest BCUT2D eigenvalue weighted by Gasteiger charge is -2.40. The van der Waals surface area contributed by atoms with Crippen molar-refractivity contribution in [2.24, 2.45) is 0 Å². The topological polar surface area (TPSA) is 111 Å². The molecule has 2 aromatic carbocycles. The summed E-state index contributed by atoms with van der Waals surface area (Å²) in [6, 6.07) is 12.1. The molecule has 2 aromatic rings. The van der Waals surface area contributed by atoms with Gasteiger partial charge in [-0.15, -0.1) is 0 Å². The van der Waals surface area contributed by atoms with Gasteiger partial charge in [0.25, 0.3) is 0 Å². The maximum atomic E-state index is 13.3. The third-order valence-electron chi connectivity index (χ3n) is 5.29. The fourth-order valence-electron chi connectivity index (χ4n) is 3.75. The van der Waals surface area contributed by atoms with Crippen LogP contribution in [0.5, 0.6) is 0 Å². The Morgan fingerprint density at radius 1 is 1.06 bits per heavy atom. The molecule has 0 spiro atoms. The second kappa shape index (κ2) is 9.25. The fourth-order valence-corrected chi connectivity index (χ4v) is 3.75. The highest BCUT2D eigenvalue weighted by Crippen LogP contribution is 2.25. The Labute approximate surface area is 188 Å². The van der Waals surface area contributed by atoms with Gasteiger partial charge >= 0.3 is 17.8 Å². The minimum absolute atomic E-state index is 0.172. The normalized spacial score (nSPS) is 17.8. The van der Waals surface area contributed by atoms with Crippen molar-refractivity contribution in [3.05, 3.63) is 59.9 Å². The number of anilines is 2. The molecular weight excluding hydrogens is 433 g/mol. The zero-order chi connectivity index (χ0) is 23.5. The van der Waals surface area contributed by atoms with Gasteiger partial charge in [-0.2, -0.15) is 5.43 Å². The van der Waals surface area contributed by atoms with Crippen molar-refractivity contribution in [3.8, 4) is 0 Å². The predicted octanol–water partition coefficient (Wildman–Crippen LogP) is 0.920. The first-order valence-corrected chi connectivity index (χ1v) is 10.4. The first-order chi connectivity index (χ1) is 15.9. The van der Waals surface area contributed by atoms with Crippen molar-refractivity contribution in [1.29, 1.82) is 0 Å². The minimum atomic E-state index is -0.874. The maximum absolute atomic E-state index is 13.3. The van der Waals surface area contributed by atoms with E-state index in [0.29, 0.717) is 18.8 Å². The summed E-state index contributed by atoms with van der Waals surface area (Å²) in [5.74, 6) is -3.21. The van der Waals surface area contributed by atoms with E-state index in [1.807, 2.05) is 0 Å². The van der Waals surface area contributed by atoms with E-state index in [4.69, 9.17) is 4.74 Å². The Bertz CT molecular complexity index is 1090. The number of carbonyl (C=O) groups is 4. The quantitative estimate of drug-likeness (QED) is 0.492. The smallest absolute Gasteiger partial charge is 0.340 e. The second-order valence-corrected chi connectivity index (χ2v) is 7.38. The van der Waals surface area contributed by atoms with Crippen LogP contribution in [0, 0.1) is 5.82 Å². The lowest BCUT2D eigenvalue weighted by Crippen LogP contribution is -2.68. The number of carbonyl (C=O) groups excluding carboxylic acids is 4. The number of rotatable bonds is 6. The molecule has 4 rings (SSSR count). The zero-order valence-electron chi connectivity index (χ0n) is 17.8. The van der Waals surface area contributed by atoms with E-state index in [1.165, 1.54) is 29.2 Å². The van der Waals surface area contributed by atoms with Crippen molar-refractivity contribution in [1.82, 2.24) is 15.3 Å². The van der Waals surface area contributed by atoms with Crippen molar-refractivity contribution in [2.45, 2.75) is 13.2 Å². The van der Waals surface area contributed by atoms with E-state index in [0.717, 1.165) is 5.01 Å². The van der Waals surface area contributed by atoms with Gasteiger partial charge in [0, 0.05) is 18.8 Å². The Hall–Kier alpha value is -3.99. The van der Waals surface area contributed by atoms with Gasteiger partial charge in [0.1, 0.15) is 12.4 Å². The van der Waals surface area contributed by atoms with Gasteiger partial charge in [-0.3, -0.25) is 24.3 Å². The van der Waals surface area contributed by atoms with Crippen molar-refractivity contribution < 1.29 is 28.3 Å². The molecule has 2 fully saturated rings. The van der Waals surface area contributed by atoms with Crippen LogP contribution in [0.4, 0.5) is 15.8 Å². The Kier molecular flexibility index (Phi) is 6.22. The fraction of sp³-hybridized carbons (Fsp3) is 0.273. The van der Waals surface area contributed by atoms with Gasteiger partial charge in [-0.1, -0.05) is 12.1 Å². The standard InChI is InChI=1S/C22H22FN5O5/c1-2-33-21(32)16-5-3-4-6-17(16)24-18(29)13-28-20(31)19(30)27-12-11-26(22(27)25-28)15-9-7-14(23)8-10-15/h3-10,22,25H,2,11-13H2,1H3,(H,24,29). The molecule has 10 nitrogen and oxygen atoms in total. The Morgan fingerprint density at radius 2 is 1.76 bits per heavy atom. The molecule has 1 unspecified atom stereocenters. The van der Waals surface area contributed by atoms with Gasteiger partial charge in [-0.25, -0.2) is 9.18 Å². The van der Waals surface area contributed by atoms with Crippen LogP contribution >= 0.6 is 0 Å². The summed E-state index contributed by atoms with van der Waals surface area (Å²) in [6.45, 7) is 2.11. The molecule has 2 heterocycles. The van der Waals surface area contributed by atoms with E-state index < -0.39 is 36.5 Å². The number of hydrazine groups is 1. The summed E-state index contributed by atoms with van der Waals surface area (Å²) in [4.78, 5) is 53.1. The maximum Gasteiger partial charge on any atom is 0.340 e. The summed E-state index contributed by atoms with van der Waals surface area (Å²) in [7, 11) is 0. The Balaban J connectivity index is 1.48. The number of esters is 1. The number of benzene rings is 2. The summed E-state index contributed by atoms with van der Waals surface area (Å²) in [6.07, 6.45) is -0.708. The van der Waals surface area contributed by atoms with E-state index in [-0.39, 0.29) is 23.7 Å². The molecule has 0 aromatic heterocycles. The highest BCUT2D eigenvalue weighted by atomic mass is 19.1. The summed E-state index contributed by atoms with van der Waals surface area (Å²) >= 11 is 0. The van der Waals surface area contributed by atoms with Crippen LogP contribution in [0.1, 0.15) is 17.3 Å². The first kappa shape index (κ1) is 22.2. The molecule has 0 aliphatic carbocycles. The van der Waals surface area contributed by atoms with Gasteiger partial charge < -0.3 is 15.0 Å². The van der Waals surface area contributed by atoms with Crippen molar-refractivity contribution in [2.75, 3.05) is 36.5 Å². The van der Waals surface area contributed by atoms with Crippen LogP contribution in [0.15, 0.2) is 48.5 Å². The SMILES string of the molecule is CCOC(=O)c1ccccc1NC(=O)CN1NC2N(CCN2c2ccc(F)cc2)C(=O)C1=O. The Morgan fingerprint density at radius 3 is 2.48 bits per heavy atom. The summed E-state index contributed by atoms with van der Waals surface area (Å²) < 4.78 is 18.3. The number of nitrogens with zero attached hydrogens (tertiary/aromatic N) is 3. The van der Waals surface area contributed by atoms with Crippen LogP contribution in [0.2, 0.25) is 0 Å². The highest BCUT2D eigenvalue weighted by Gasteiger charge is 2.45. The number of nitrogens with one attached hydrogen (secondary N) is 2.